The fourth-order valence-electron chi connectivity index (χ4n) is 6.57. The Morgan fingerprint density at radius 1 is 1.23 bits per heavy atom. The van der Waals surface area contributed by atoms with E-state index in [4.69, 9.17) is 9.94 Å². The quantitative estimate of drug-likeness (QED) is 0.243. The van der Waals surface area contributed by atoms with Crippen molar-refractivity contribution in [2.75, 3.05) is 12.4 Å². The molecule has 200 valence electrons. The fraction of sp³-hybridized carbons (Fsp3) is 0.387. The largest absolute Gasteiger partial charge is 0.396 e. The number of amides is 1. The second-order valence-corrected chi connectivity index (χ2v) is 12.2. The third kappa shape index (κ3) is 3.75. The van der Waals surface area contributed by atoms with E-state index in [9.17, 15) is 4.79 Å². The Morgan fingerprint density at radius 2 is 2.10 bits per heavy atom. The van der Waals surface area contributed by atoms with Crippen LogP contribution in [0.1, 0.15) is 59.9 Å². The van der Waals surface area contributed by atoms with Gasteiger partial charge in [-0.15, -0.1) is 11.8 Å². The molecule has 7 nitrogen and oxygen atoms in total. The number of aryl methyl sites for hydroxylation is 3. The van der Waals surface area contributed by atoms with Crippen LogP contribution in [0.5, 0.6) is 0 Å². The molecular formula is C31H33N5O2S. The lowest BCUT2D eigenvalue weighted by atomic mass is 9.82. The highest BCUT2D eigenvalue weighted by Crippen LogP contribution is 2.47. The minimum atomic E-state index is 0.0203. The summed E-state index contributed by atoms with van der Waals surface area (Å²) in [4.78, 5) is 20.2. The summed E-state index contributed by atoms with van der Waals surface area (Å²) in [5.41, 5.74) is 10.9. The average Bonchev–Trinajstić information content (AvgIpc) is 3.70. The molecule has 1 N–H and O–H groups in total. The van der Waals surface area contributed by atoms with Gasteiger partial charge in [-0.1, -0.05) is 31.1 Å². The van der Waals surface area contributed by atoms with Crippen LogP contribution in [0.3, 0.4) is 0 Å². The van der Waals surface area contributed by atoms with Crippen LogP contribution in [-0.2, 0) is 37.8 Å². The van der Waals surface area contributed by atoms with E-state index >= 15 is 0 Å². The molecule has 3 aliphatic rings. The number of hydrogen-bond donors (Lipinski definition) is 1. The molecule has 1 aliphatic carbocycles. The van der Waals surface area contributed by atoms with Crippen molar-refractivity contribution in [3.63, 3.8) is 0 Å². The average molecular weight is 540 g/mol. The van der Waals surface area contributed by atoms with Gasteiger partial charge in [0, 0.05) is 70.0 Å². The normalized spacial score (nSPS) is 16.6. The van der Waals surface area contributed by atoms with Crippen molar-refractivity contribution < 1.29 is 9.63 Å². The topological polar surface area (TPSA) is 73.4 Å². The smallest absolute Gasteiger partial charge is 0.252 e. The predicted molar refractivity (Wildman–Crippen MR) is 158 cm³/mol. The van der Waals surface area contributed by atoms with Crippen molar-refractivity contribution >= 4 is 45.2 Å². The molecule has 0 saturated carbocycles. The molecule has 0 spiro atoms. The SMILES string of the molecule is CCO/N=C(\C1=CCCS1)c1ccc2c(c1)c1c3c(c4c(c1n2CC(C)C)CCc1nn(C)cc1-4)C(=O)NC3. The standard InChI is InChI=1S/C31H33N5O2S/c1-5-38-34-29(25-7-6-12-39-25)18-8-11-24-20(13-18)27-21-14-32-31(37)28(21)26-19(30(27)36(24)15-17(2)3)9-10-23-22(26)16-35(4)33-23/h7-8,11,13,16-17H,5-6,9-10,12,14-15H2,1-4H3,(H,32,37)/b34-29-. The van der Waals surface area contributed by atoms with Crippen LogP contribution in [0.4, 0.5) is 0 Å². The van der Waals surface area contributed by atoms with Crippen LogP contribution in [0.2, 0.25) is 0 Å². The van der Waals surface area contributed by atoms with E-state index in [1.807, 2.05) is 30.4 Å². The molecule has 0 unspecified atom stereocenters. The number of benzene rings is 2. The summed E-state index contributed by atoms with van der Waals surface area (Å²) in [7, 11) is 1.97. The molecule has 2 aromatic heterocycles. The highest BCUT2D eigenvalue weighted by atomic mass is 32.2. The molecule has 0 saturated heterocycles. The molecule has 0 atom stereocenters. The molecule has 2 aliphatic heterocycles. The van der Waals surface area contributed by atoms with Gasteiger partial charge in [0.25, 0.3) is 5.91 Å². The number of nitrogens with zero attached hydrogens (tertiary/aromatic N) is 4. The second-order valence-electron chi connectivity index (χ2n) is 11.1. The molecule has 39 heavy (non-hydrogen) atoms. The number of allylic oxidation sites excluding steroid dienone is 2. The van der Waals surface area contributed by atoms with Crippen molar-refractivity contribution in [3.05, 3.63) is 63.3 Å². The molecule has 2 aromatic carbocycles. The Hall–Kier alpha value is -3.52. The van der Waals surface area contributed by atoms with Crippen LogP contribution in [0, 0.1) is 5.92 Å². The molecule has 0 bridgehead atoms. The van der Waals surface area contributed by atoms with Crippen LogP contribution >= 0.6 is 11.8 Å². The molecule has 4 aromatic rings. The lowest BCUT2D eigenvalue weighted by molar-refractivity contribution is 0.0966. The van der Waals surface area contributed by atoms with Crippen LogP contribution < -0.4 is 5.32 Å². The lowest BCUT2D eigenvalue weighted by Gasteiger charge is -2.22. The minimum Gasteiger partial charge on any atom is -0.396 e. The number of carbonyl (C=O) groups excluding carboxylic acids is 1. The van der Waals surface area contributed by atoms with Crippen molar-refractivity contribution in [1.82, 2.24) is 19.7 Å². The first-order chi connectivity index (χ1) is 19.0. The zero-order valence-corrected chi connectivity index (χ0v) is 23.7. The second kappa shape index (κ2) is 9.30. The van der Waals surface area contributed by atoms with Crippen molar-refractivity contribution in [2.24, 2.45) is 18.1 Å². The predicted octanol–water partition coefficient (Wildman–Crippen LogP) is 5.95. The van der Waals surface area contributed by atoms with E-state index in [0.717, 1.165) is 70.8 Å². The molecule has 4 heterocycles. The first-order valence-corrected chi connectivity index (χ1v) is 14.9. The van der Waals surface area contributed by atoms with Gasteiger partial charge >= 0.3 is 0 Å². The Labute approximate surface area is 232 Å². The van der Waals surface area contributed by atoms with Gasteiger partial charge in [0.2, 0.25) is 0 Å². The zero-order valence-electron chi connectivity index (χ0n) is 22.9. The maximum absolute atomic E-state index is 13.4. The van der Waals surface area contributed by atoms with E-state index in [1.54, 1.807) is 0 Å². The van der Waals surface area contributed by atoms with Gasteiger partial charge in [-0.3, -0.25) is 9.48 Å². The Morgan fingerprint density at radius 3 is 2.87 bits per heavy atom. The molecule has 8 heteroatoms. The van der Waals surface area contributed by atoms with Crippen molar-refractivity contribution in [3.8, 4) is 11.1 Å². The first kappa shape index (κ1) is 24.5. The van der Waals surface area contributed by atoms with E-state index < -0.39 is 0 Å². The Kier molecular flexibility index (Phi) is 5.84. The van der Waals surface area contributed by atoms with Gasteiger partial charge in [0.1, 0.15) is 12.3 Å². The van der Waals surface area contributed by atoms with Gasteiger partial charge in [-0.05, 0) is 55.4 Å². The summed E-state index contributed by atoms with van der Waals surface area (Å²) < 4.78 is 4.39. The molecule has 1 amide bonds. The first-order valence-electron chi connectivity index (χ1n) is 13.9. The fourth-order valence-corrected chi connectivity index (χ4v) is 7.55. The number of aromatic nitrogens is 3. The summed E-state index contributed by atoms with van der Waals surface area (Å²) in [5.74, 6) is 1.56. The number of nitrogens with one attached hydrogen (secondary N) is 1. The number of carbonyl (C=O) groups is 1. The van der Waals surface area contributed by atoms with Gasteiger partial charge < -0.3 is 14.7 Å². The number of hydrogen-bond acceptors (Lipinski definition) is 5. The maximum Gasteiger partial charge on any atom is 0.252 e. The van der Waals surface area contributed by atoms with E-state index in [-0.39, 0.29) is 5.91 Å². The van der Waals surface area contributed by atoms with Gasteiger partial charge in [-0.2, -0.15) is 5.10 Å². The highest BCUT2D eigenvalue weighted by Gasteiger charge is 2.35. The van der Waals surface area contributed by atoms with Crippen LogP contribution in [-0.4, -0.2) is 38.3 Å². The van der Waals surface area contributed by atoms with Gasteiger partial charge in [-0.25, -0.2) is 0 Å². The molecular weight excluding hydrogens is 506 g/mol. The van der Waals surface area contributed by atoms with Crippen molar-refractivity contribution in [2.45, 2.75) is 53.1 Å². The minimum absolute atomic E-state index is 0.0203. The third-order valence-electron chi connectivity index (χ3n) is 7.99. The summed E-state index contributed by atoms with van der Waals surface area (Å²) >= 11 is 1.84. The van der Waals surface area contributed by atoms with E-state index in [0.29, 0.717) is 19.1 Å². The molecule has 7 rings (SSSR count). The summed E-state index contributed by atoms with van der Waals surface area (Å²) in [6.07, 6.45) is 7.14. The number of fused-ring (bicyclic) bond motifs is 10. The van der Waals surface area contributed by atoms with E-state index in [1.165, 1.54) is 32.3 Å². The Bertz CT molecular complexity index is 1740. The Balaban J connectivity index is 1.58. The zero-order chi connectivity index (χ0) is 26.8. The van der Waals surface area contributed by atoms with E-state index in [2.05, 4.69) is 59.4 Å². The molecule has 0 fully saturated rings. The monoisotopic (exact) mass is 539 g/mol. The lowest BCUT2D eigenvalue weighted by Crippen LogP contribution is -2.15. The summed E-state index contributed by atoms with van der Waals surface area (Å²) in [6.45, 7) is 8.48. The van der Waals surface area contributed by atoms with Crippen LogP contribution in [0.15, 0.2) is 40.5 Å². The number of thioether (sulfide) groups is 1. The van der Waals surface area contributed by atoms with Crippen molar-refractivity contribution in [1.29, 1.82) is 0 Å². The summed E-state index contributed by atoms with van der Waals surface area (Å²) in [5, 5.41) is 14.8. The van der Waals surface area contributed by atoms with Crippen LogP contribution in [0.25, 0.3) is 32.9 Å². The molecule has 0 radical (unpaired) electrons. The number of oxime groups is 1. The summed E-state index contributed by atoms with van der Waals surface area (Å²) in [6, 6.07) is 6.71. The highest BCUT2D eigenvalue weighted by molar-refractivity contribution is 8.04. The number of rotatable bonds is 6. The van der Waals surface area contributed by atoms with Gasteiger partial charge in [0.15, 0.2) is 0 Å². The maximum atomic E-state index is 13.4. The van der Waals surface area contributed by atoms with Gasteiger partial charge in [0.05, 0.1) is 16.8 Å². The third-order valence-corrected chi connectivity index (χ3v) is 9.10.